The molecule has 3 amide bonds. The number of rotatable bonds is 6. The van der Waals surface area contributed by atoms with Crippen LogP contribution in [0.4, 0.5) is 10.6 Å². The van der Waals surface area contributed by atoms with Crippen molar-refractivity contribution in [2.45, 2.75) is 97.1 Å². The summed E-state index contributed by atoms with van der Waals surface area (Å²) in [6, 6.07) is 9.81. The van der Waals surface area contributed by atoms with E-state index in [0.29, 0.717) is 5.82 Å². The van der Waals surface area contributed by atoms with E-state index in [2.05, 4.69) is 31.4 Å². The van der Waals surface area contributed by atoms with E-state index in [1.165, 1.54) is 19.3 Å². The van der Waals surface area contributed by atoms with Gasteiger partial charge in [-0.25, -0.2) is 9.48 Å². The maximum absolute atomic E-state index is 13.5. The molecule has 4 fully saturated rings. The number of hydrogen-bond acceptors (Lipinski definition) is 3. The standard InChI is InChI=1S/C30H43N5O2/c1-19(2)34(28(37)32-30-15-21-11-22(16-30)13-23(12-21)17-30)18-27(36)31-26-14-25(29(4,5)6)33-35(26)24-9-7-20(3)8-10-24/h7-10,14,19,21-23H,11-13,15-18H2,1-6H3,(H,31,36)(H,32,37). The minimum atomic E-state index is -0.219. The highest BCUT2D eigenvalue weighted by molar-refractivity contribution is 5.94. The van der Waals surface area contributed by atoms with Gasteiger partial charge in [-0.15, -0.1) is 0 Å². The fourth-order valence-electron chi connectivity index (χ4n) is 7.11. The Balaban J connectivity index is 1.31. The summed E-state index contributed by atoms with van der Waals surface area (Å²) >= 11 is 0. The molecule has 7 nitrogen and oxygen atoms in total. The van der Waals surface area contributed by atoms with Crippen molar-refractivity contribution < 1.29 is 9.59 Å². The molecule has 1 aromatic heterocycles. The molecule has 0 radical (unpaired) electrons. The zero-order valence-corrected chi connectivity index (χ0v) is 23.3. The lowest BCUT2D eigenvalue weighted by Gasteiger charge is -2.57. The van der Waals surface area contributed by atoms with Gasteiger partial charge in [0.25, 0.3) is 0 Å². The summed E-state index contributed by atoms with van der Waals surface area (Å²) in [7, 11) is 0. The van der Waals surface area contributed by atoms with Crippen molar-refractivity contribution in [3.05, 3.63) is 41.6 Å². The first-order valence-electron chi connectivity index (χ1n) is 14.0. The molecule has 4 bridgehead atoms. The second kappa shape index (κ2) is 9.48. The van der Waals surface area contributed by atoms with Crippen LogP contribution in [0.5, 0.6) is 0 Å². The molecule has 0 saturated heterocycles. The molecule has 0 aliphatic heterocycles. The number of nitrogens with one attached hydrogen (secondary N) is 2. The Morgan fingerprint density at radius 2 is 1.62 bits per heavy atom. The van der Waals surface area contributed by atoms with Gasteiger partial charge in [-0.2, -0.15) is 5.10 Å². The SMILES string of the molecule is Cc1ccc(-n2nc(C(C)(C)C)cc2NC(=O)CN(C(=O)NC23CC4CC(CC(C4)C2)C3)C(C)C)cc1. The van der Waals surface area contributed by atoms with Gasteiger partial charge in [0.05, 0.1) is 11.4 Å². The van der Waals surface area contributed by atoms with E-state index in [4.69, 9.17) is 5.10 Å². The largest absolute Gasteiger partial charge is 0.333 e. The van der Waals surface area contributed by atoms with Crippen LogP contribution in [0.2, 0.25) is 0 Å². The first-order valence-corrected chi connectivity index (χ1v) is 14.0. The molecular weight excluding hydrogens is 462 g/mol. The van der Waals surface area contributed by atoms with E-state index in [0.717, 1.165) is 54.0 Å². The van der Waals surface area contributed by atoms with Crippen molar-refractivity contribution in [2.24, 2.45) is 17.8 Å². The van der Waals surface area contributed by atoms with Crippen LogP contribution in [0, 0.1) is 24.7 Å². The Bertz CT molecular complexity index is 1120. The highest BCUT2D eigenvalue weighted by Gasteiger charge is 2.52. The summed E-state index contributed by atoms with van der Waals surface area (Å²) in [6.07, 6.45) is 7.26. The van der Waals surface area contributed by atoms with Crippen molar-refractivity contribution >= 4 is 17.8 Å². The van der Waals surface area contributed by atoms with Gasteiger partial charge in [-0.1, -0.05) is 38.5 Å². The first-order chi connectivity index (χ1) is 17.4. The molecule has 1 heterocycles. The predicted octanol–water partition coefficient (Wildman–Crippen LogP) is 5.81. The molecule has 200 valence electrons. The van der Waals surface area contributed by atoms with Crippen LogP contribution in [0.25, 0.3) is 5.69 Å². The number of carbonyl (C=O) groups excluding carboxylic acids is 2. The van der Waals surface area contributed by atoms with Gasteiger partial charge in [0, 0.05) is 23.1 Å². The van der Waals surface area contributed by atoms with Gasteiger partial charge in [0.2, 0.25) is 5.91 Å². The molecule has 2 N–H and O–H groups in total. The molecule has 2 aromatic rings. The summed E-state index contributed by atoms with van der Waals surface area (Å²) in [5.41, 5.74) is 2.69. The number of urea groups is 1. The van der Waals surface area contributed by atoms with Crippen LogP contribution in [0.1, 0.15) is 84.4 Å². The van der Waals surface area contributed by atoms with Crippen LogP contribution in [0.15, 0.2) is 30.3 Å². The number of aryl methyl sites for hydroxylation is 1. The molecule has 7 heteroatoms. The van der Waals surface area contributed by atoms with E-state index < -0.39 is 0 Å². The molecular formula is C30H43N5O2. The molecule has 1 aromatic carbocycles. The van der Waals surface area contributed by atoms with E-state index in [1.807, 2.05) is 51.1 Å². The average molecular weight is 506 g/mol. The van der Waals surface area contributed by atoms with Gasteiger partial charge in [0.15, 0.2) is 0 Å². The number of amides is 3. The number of aromatic nitrogens is 2. The smallest absolute Gasteiger partial charge is 0.318 e. The van der Waals surface area contributed by atoms with Crippen molar-refractivity contribution in [3.8, 4) is 5.69 Å². The van der Waals surface area contributed by atoms with Gasteiger partial charge in [-0.3, -0.25) is 4.79 Å². The van der Waals surface area contributed by atoms with Crippen LogP contribution < -0.4 is 10.6 Å². The molecule has 0 atom stereocenters. The van der Waals surface area contributed by atoms with E-state index in [9.17, 15) is 9.59 Å². The zero-order valence-electron chi connectivity index (χ0n) is 23.3. The highest BCUT2D eigenvalue weighted by atomic mass is 16.2. The van der Waals surface area contributed by atoms with Crippen molar-refractivity contribution in [3.63, 3.8) is 0 Å². The Kier molecular flexibility index (Phi) is 6.61. The lowest BCUT2D eigenvalue weighted by molar-refractivity contribution is -0.117. The number of nitrogens with zero attached hydrogens (tertiary/aromatic N) is 3. The Morgan fingerprint density at radius 3 is 2.14 bits per heavy atom. The van der Waals surface area contributed by atoms with Crippen molar-refractivity contribution in [1.29, 1.82) is 0 Å². The molecule has 0 unspecified atom stereocenters. The van der Waals surface area contributed by atoms with Crippen LogP contribution in [-0.4, -0.2) is 44.7 Å². The van der Waals surface area contributed by atoms with Crippen LogP contribution in [-0.2, 0) is 10.2 Å². The fourth-order valence-corrected chi connectivity index (χ4v) is 7.11. The second-order valence-corrected chi connectivity index (χ2v) is 13.3. The third-order valence-electron chi connectivity index (χ3n) is 8.63. The molecule has 4 aliphatic carbocycles. The molecule has 0 spiro atoms. The van der Waals surface area contributed by atoms with Gasteiger partial charge in [0.1, 0.15) is 12.4 Å². The number of hydrogen-bond donors (Lipinski definition) is 2. The number of carbonyl (C=O) groups is 2. The predicted molar refractivity (Wildman–Crippen MR) is 147 cm³/mol. The van der Waals surface area contributed by atoms with Crippen molar-refractivity contribution in [1.82, 2.24) is 20.0 Å². The zero-order chi connectivity index (χ0) is 26.5. The van der Waals surface area contributed by atoms with E-state index in [1.54, 1.807) is 9.58 Å². The lowest BCUT2D eigenvalue weighted by atomic mass is 9.53. The summed E-state index contributed by atoms with van der Waals surface area (Å²) in [5.74, 6) is 2.65. The van der Waals surface area contributed by atoms with Gasteiger partial charge < -0.3 is 15.5 Å². The van der Waals surface area contributed by atoms with E-state index in [-0.39, 0.29) is 35.5 Å². The van der Waals surface area contributed by atoms with Crippen molar-refractivity contribution in [2.75, 3.05) is 11.9 Å². The minimum Gasteiger partial charge on any atom is -0.333 e. The quantitative estimate of drug-likeness (QED) is 0.520. The van der Waals surface area contributed by atoms with Gasteiger partial charge in [-0.05, 0) is 89.2 Å². The molecule has 4 aliphatic rings. The highest BCUT2D eigenvalue weighted by Crippen LogP contribution is 2.55. The summed E-state index contributed by atoms with van der Waals surface area (Å²) in [6.45, 7) is 12.3. The van der Waals surface area contributed by atoms with Crippen LogP contribution >= 0.6 is 0 Å². The third-order valence-corrected chi connectivity index (χ3v) is 8.63. The maximum atomic E-state index is 13.5. The number of anilines is 1. The van der Waals surface area contributed by atoms with E-state index >= 15 is 0 Å². The Morgan fingerprint density at radius 1 is 1.05 bits per heavy atom. The Hall–Kier alpha value is -2.83. The maximum Gasteiger partial charge on any atom is 0.318 e. The summed E-state index contributed by atoms with van der Waals surface area (Å²) in [4.78, 5) is 28.5. The van der Waals surface area contributed by atoms with Crippen LogP contribution in [0.3, 0.4) is 0 Å². The molecule has 4 saturated carbocycles. The Labute approximate surface area is 221 Å². The first kappa shape index (κ1) is 25.8. The normalized spacial score (nSPS) is 26.4. The topological polar surface area (TPSA) is 79.3 Å². The third kappa shape index (κ3) is 5.41. The summed E-state index contributed by atoms with van der Waals surface area (Å²) < 4.78 is 1.78. The molecule has 6 rings (SSSR count). The number of benzene rings is 1. The lowest BCUT2D eigenvalue weighted by Crippen LogP contribution is -2.62. The van der Waals surface area contributed by atoms with Gasteiger partial charge >= 0.3 is 6.03 Å². The minimum absolute atomic E-state index is 0.000204. The molecule has 37 heavy (non-hydrogen) atoms. The monoisotopic (exact) mass is 505 g/mol. The summed E-state index contributed by atoms with van der Waals surface area (Å²) in [5, 5.41) is 11.3. The average Bonchev–Trinajstić information content (AvgIpc) is 3.20. The fraction of sp³-hybridized carbons (Fsp3) is 0.633. The second-order valence-electron chi connectivity index (χ2n) is 13.3.